The van der Waals surface area contributed by atoms with E-state index in [1.54, 1.807) is 0 Å². The van der Waals surface area contributed by atoms with E-state index < -0.39 is 0 Å². The second-order valence-corrected chi connectivity index (χ2v) is 4.88. The maximum absolute atomic E-state index is 10.1. The van der Waals surface area contributed by atoms with Gasteiger partial charge in [-0.3, -0.25) is 0 Å². The van der Waals surface area contributed by atoms with Crippen LogP contribution in [0.4, 0.5) is 0 Å². The molecule has 1 atom stereocenters. The summed E-state index contributed by atoms with van der Waals surface area (Å²) in [4.78, 5) is 2.29. The molecule has 0 aliphatic carbocycles. The fourth-order valence-corrected chi connectivity index (χ4v) is 1.93. The quantitative estimate of drug-likeness (QED) is 0.785. The molecule has 0 aliphatic rings. The zero-order chi connectivity index (χ0) is 12.7. The monoisotopic (exact) mass is 235 g/mol. The first kappa shape index (κ1) is 14.2. The topological polar surface area (TPSA) is 23.5 Å². The van der Waals surface area contributed by atoms with E-state index in [1.807, 2.05) is 12.1 Å². The van der Waals surface area contributed by atoms with Crippen molar-refractivity contribution in [3.05, 3.63) is 35.4 Å². The highest BCUT2D eigenvalue weighted by molar-refractivity contribution is 5.23. The Kier molecular flexibility index (Phi) is 6.23. The van der Waals surface area contributed by atoms with Gasteiger partial charge in [-0.15, -0.1) is 0 Å². The first-order valence-corrected chi connectivity index (χ1v) is 6.56. The summed E-state index contributed by atoms with van der Waals surface area (Å²) in [5.74, 6) is 0. The van der Waals surface area contributed by atoms with E-state index in [-0.39, 0.29) is 6.10 Å². The fourth-order valence-electron chi connectivity index (χ4n) is 1.93. The van der Waals surface area contributed by atoms with Crippen LogP contribution in [0.1, 0.15) is 43.4 Å². The van der Waals surface area contributed by atoms with Gasteiger partial charge in [0.2, 0.25) is 0 Å². The van der Waals surface area contributed by atoms with E-state index >= 15 is 0 Å². The van der Waals surface area contributed by atoms with Gasteiger partial charge in [-0.2, -0.15) is 0 Å². The Hall–Kier alpha value is -0.860. The molecule has 2 heteroatoms. The molecule has 0 saturated heterocycles. The molecule has 1 unspecified atom stereocenters. The number of benzene rings is 1. The van der Waals surface area contributed by atoms with Crippen LogP contribution in [0.5, 0.6) is 0 Å². The third kappa shape index (κ3) is 5.33. The first-order chi connectivity index (χ1) is 8.13. The minimum atomic E-state index is -0.334. The van der Waals surface area contributed by atoms with Crippen molar-refractivity contribution < 1.29 is 5.11 Å². The molecule has 1 rings (SSSR count). The third-order valence-electron chi connectivity index (χ3n) is 3.10. The molecular formula is C15H25NO. The average Bonchev–Trinajstić information content (AvgIpc) is 2.33. The van der Waals surface area contributed by atoms with Gasteiger partial charge in [0, 0.05) is 6.54 Å². The predicted molar refractivity (Wildman–Crippen MR) is 73.2 cm³/mol. The highest BCUT2D eigenvalue weighted by atomic mass is 16.3. The zero-order valence-electron chi connectivity index (χ0n) is 11.3. The maximum atomic E-state index is 10.1. The lowest BCUT2D eigenvalue weighted by Gasteiger charge is -2.18. The van der Waals surface area contributed by atoms with Crippen molar-refractivity contribution in [2.45, 2.75) is 39.2 Å². The lowest BCUT2D eigenvalue weighted by atomic mass is 10.0. The number of aliphatic hydroxyl groups excluding tert-OH is 1. The van der Waals surface area contributed by atoms with Gasteiger partial charge in [0.05, 0.1) is 6.10 Å². The van der Waals surface area contributed by atoms with E-state index in [9.17, 15) is 5.11 Å². The van der Waals surface area contributed by atoms with Crippen molar-refractivity contribution in [1.29, 1.82) is 0 Å². The molecule has 96 valence electrons. The van der Waals surface area contributed by atoms with Crippen LogP contribution in [0.3, 0.4) is 0 Å². The minimum Gasteiger partial charge on any atom is -0.388 e. The summed E-state index contributed by atoms with van der Waals surface area (Å²) in [5.41, 5.74) is 2.25. The molecule has 2 nitrogen and oxygen atoms in total. The van der Waals surface area contributed by atoms with Crippen LogP contribution in [0, 0.1) is 6.92 Å². The largest absolute Gasteiger partial charge is 0.388 e. The summed E-state index contributed by atoms with van der Waals surface area (Å²) in [6.45, 7) is 6.34. The summed E-state index contributed by atoms with van der Waals surface area (Å²) in [6, 6.07) is 8.14. The molecule has 0 spiro atoms. The van der Waals surface area contributed by atoms with Gasteiger partial charge < -0.3 is 10.0 Å². The standard InChI is InChI=1S/C15H25NO/c1-4-5-10-16(3)11-9-15(17)14-8-6-7-13(2)12-14/h6-8,12,15,17H,4-5,9-11H2,1-3H3. The summed E-state index contributed by atoms with van der Waals surface area (Å²) in [6.07, 6.45) is 2.94. The molecule has 0 radical (unpaired) electrons. The van der Waals surface area contributed by atoms with Gasteiger partial charge in [-0.25, -0.2) is 0 Å². The van der Waals surface area contributed by atoms with Crippen molar-refractivity contribution in [3.8, 4) is 0 Å². The number of aliphatic hydroxyl groups is 1. The summed E-state index contributed by atoms with van der Waals surface area (Å²) >= 11 is 0. The van der Waals surface area contributed by atoms with Crippen LogP contribution in [0.2, 0.25) is 0 Å². The van der Waals surface area contributed by atoms with E-state index in [1.165, 1.54) is 18.4 Å². The second-order valence-electron chi connectivity index (χ2n) is 4.88. The Bertz CT molecular complexity index is 324. The summed E-state index contributed by atoms with van der Waals surface area (Å²) in [5, 5.41) is 10.1. The van der Waals surface area contributed by atoms with Gasteiger partial charge in [-0.05, 0) is 38.9 Å². The van der Waals surface area contributed by atoms with Crippen molar-refractivity contribution in [2.24, 2.45) is 0 Å². The first-order valence-electron chi connectivity index (χ1n) is 6.56. The van der Waals surface area contributed by atoms with Crippen LogP contribution in [-0.2, 0) is 0 Å². The highest BCUT2D eigenvalue weighted by Crippen LogP contribution is 2.17. The van der Waals surface area contributed by atoms with Crippen molar-refractivity contribution in [1.82, 2.24) is 4.90 Å². The predicted octanol–water partition coefficient (Wildman–Crippen LogP) is 3.15. The van der Waals surface area contributed by atoms with E-state index in [0.717, 1.165) is 25.1 Å². The van der Waals surface area contributed by atoms with Crippen molar-refractivity contribution in [2.75, 3.05) is 20.1 Å². The minimum absolute atomic E-state index is 0.334. The normalized spacial score (nSPS) is 13.0. The maximum Gasteiger partial charge on any atom is 0.0802 e. The number of hydrogen-bond acceptors (Lipinski definition) is 2. The zero-order valence-corrected chi connectivity index (χ0v) is 11.3. The van der Waals surface area contributed by atoms with Crippen LogP contribution < -0.4 is 0 Å². The summed E-state index contributed by atoms with van der Waals surface area (Å²) < 4.78 is 0. The number of unbranched alkanes of at least 4 members (excludes halogenated alkanes) is 1. The molecule has 1 N–H and O–H groups in total. The van der Waals surface area contributed by atoms with Gasteiger partial charge >= 0.3 is 0 Å². The van der Waals surface area contributed by atoms with E-state index in [4.69, 9.17) is 0 Å². The average molecular weight is 235 g/mol. The number of aryl methyl sites for hydroxylation is 1. The molecular weight excluding hydrogens is 210 g/mol. The Balaban J connectivity index is 2.36. The molecule has 0 fully saturated rings. The van der Waals surface area contributed by atoms with Crippen molar-refractivity contribution >= 4 is 0 Å². The number of nitrogens with zero attached hydrogens (tertiary/aromatic N) is 1. The second kappa shape index (κ2) is 7.46. The molecule has 1 aromatic rings. The third-order valence-corrected chi connectivity index (χ3v) is 3.10. The molecule has 0 aromatic heterocycles. The fraction of sp³-hybridized carbons (Fsp3) is 0.600. The lowest BCUT2D eigenvalue weighted by molar-refractivity contribution is 0.148. The van der Waals surface area contributed by atoms with Gasteiger partial charge in [0.25, 0.3) is 0 Å². The van der Waals surface area contributed by atoms with Gasteiger partial charge in [0.15, 0.2) is 0 Å². The van der Waals surface area contributed by atoms with Crippen LogP contribution in [-0.4, -0.2) is 30.1 Å². The Labute approximate surface area is 105 Å². The number of hydrogen-bond donors (Lipinski definition) is 1. The molecule has 0 bridgehead atoms. The number of rotatable bonds is 7. The van der Waals surface area contributed by atoms with Crippen LogP contribution in [0.15, 0.2) is 24.3 Å². The van der Waals surface area contributed by atoms with Crippen molar-refractivity contribution in [3.63, 3.8) is 0 Å². The molecule has 1 aromatic carbocycles. The summed E-state index contributed by atoms with van der Waals surface area (Å²) in [7, 11) is 2.12. The Morgan fingerprint density at radius 2 is 2.06 bits per heavy atom. The Morgan fingerprint density at radius 1 is 1.29 bits per heavy atom. The van der Waals surface area contributed by atoms with Gasteiger partial charge in [-0.1, -0.05) is 43.2 Å². The van der Waals surface area contributed by atoms with E-state index in [2.05, 4.69) is 37.9 Å². The molecule has 0 heterocycles. The van der Waals surface area contributed by atoms with E-state index in [0.29, 0.717) is 0 Å². The van der Waals surface area contributed by atoms with Crippen LogP contribution >= 0.6 is 0 Å². The SMILES string of the molecule is CCCCN(C)CCC(O)c1cccc(C)c1. The van der Waals surface area contributed by atoms with Gasteiger partial charge in [0.1, 0.15) is 0 Å². The molecule has 0 aliphatic heterocycles. The molecule has 0 saturated carbocycles. The Morgan fingerprint density at radius 3 is 2.71 bits per heavy atom. The molecule has 0 amide bonds. The van der Waals surface area contributed by atoms with Crippen LogP contribution in [0.25, 0.3) is 0 Å². The smallest absolute Gasteiger partial charge is 0.0802 e. The molecule has 17 heavy (non-hydrogen) atoms. The highest BCUT2D eigenvalue weighted by Gasteiger charge is 2.08. The lowest BCUT2D eigenvalue weighted by Crippen LogP contribution is -2.22.